The molecule has 1 aromatic rings. The second-order valence-electron chi connectivity index (χ2n) is 6.14. The van der Waals surface area contributed by atoms with Gasteiger partial charge in [0.15, 0.2) is 0 Å². The first-order valence-electron chi connectivity index (χ1n) is 7.66. The first-order valence-corrected chi connectivity index (χ1v) is 8.04. The average molecular weight is 354 g/mol. The molecule has 1 aromatic carbocycles. The highest BCUT2D eigenvalue weighted by molar-refractivity contribution is 6.33. The van der Waals surface area contributed by atoms with E-state index in [0.29, 0.717) is 19.5 Å². The number of nitrogens with one attached hydrogen (secondary N) is 1. The van der Waals surface area contributed by atoms with E-state index in [2.05, 4.69) is 5.32 Å². The van der Waals surface area contributed by atoms with Gasteiger partial charge >= 0.3 is 0 Å². The number of piperazine rings is 1. The number of nitrogens with zero attached hydrogens (tertiary/aromatic N) is 2. The van der Waals surface area contributed by atoms with Gasteiger partial charge < -0.3 is 15.1 Å². The summed E-state index contributed by atoms with van der Waals surface area (Å²) < 4.78 is 13.4. The second kappa shape index (κ2) is 6.39. The number of hydrogen-bond acceptors (Lipinski definition) is 3. The maximum Gasteiger partial charge on any atom is 0.256 e. The maximum atomic E-state index is 13.4. The molecule has 0 spiro atoms. The van der Waals surface area contributed by atoms with E-state index in [-0.39, 0.29) is 41.0 Å². The molecule has 3 rings (SSSR count). The molecule has 2 atom stereocenters. The summed E-state index contributed by atoms with van der Waals surface area (Å²) in [5.74, 6) is -1.35. The van der Waals surface area contributed by atoms with Crippen molar-refractivity contribution in [1.82, 2.24) is 15.1 Å². The summed E-state index contributed by atoms with van der Waals surface area (Å²) in [6.45, 7) is 2.15. The SMILES string of the molecule is CC(=O)N[C@H]1C[C@H]2CN(C(=O)c3cc(F)ccc3Cl)CC(=O)N2C1. The van der Waals surface area contributed by atoms with E-state index in [4.69, 9.17) is 11.6 Å². The first-order chi connectivity index (χ1) is 11.3. The predicted octanol–water partition coefficient (Wildman–Crippen LogP) is 1.04. The van der Waals surface area contributed by atoms with Crippen molar-refractivity contribution in [2.75, 3.05) is 19.6 Å². The Kier molecular flexibility index (Phi) is 4.45. The van der Waals surface area contributed by atoms with E-state index in [9.17, 15) is 18.8 Å². The lowest BCUT2D eigenvalue weighted by Crippen LogP contribution is -2.55. The largest absolute Gasteiger partial charge is 0.352 e. The minimum absolute atomic E-state index is 0.0503. The van der Waals surface area contributed by atoms with Gasteiger partial charge in [-0.05, 0) is 24.6 Å². The average Bonchev–Trinajstić information content (AvgIpc) is 2.91. The smallest absolute Gasteiger partial charge is 0.256 e. The Bertz CT molecular complexity index is 712. The van der Waals surface area contributed by atoms with Crippen LogP contribution in [0.4, 0.5) is 4.39 Å². The van der Waals surface area contributed by atoms with Gasteiger partial charge in [-0.25, -0.2) is 4.39 Å². The summed E-state index contributed by atoms with van der Waals surface area (Å²) in [5.41, 5.74) is 0.0503. The molecule has 24 heavy (non-hydrogen) atoms. The molecule has 0 unspecified atom stereocenters. The molecule has 2 heterocycles. The lowest BCUT2D eigenvalue weighted by molar-refractivity contribution is -0.136. The molecule has 128 valence electrons. The van der Waals surface area contributed by atoms with Crippen LogP contribution in [0.5, 0.6) is 0 Å². The van der Waals surface area contributed by atoms with Gasteiger partial charge in [-0.15, -0.1) is 0 Å². The molecule has 1 N–H and O–H groups in total. The molecule has 8 heteroatoms. The van der Waals surface area contributed by atoms with Crippen molar-refractivity contribution in [3.8, 4) is 0 Å². The number of rotatable bonds is 2. The lowest BCUT2D eigenvalue weighted by atomic mass is 10.1. The van der Waals surface area contributed by atoms with Crippen LogP contribution in [0.2, 0.25) is 5.02 Å². The van der Waals surface area contributed by atoms with Gasteiger partial charge in [-0.1, -0.05) is 11.6 Å². The molecule has 0 saturated carbocycles. The zero-order valence-corrected chi connectivity index (χ0v) is 13.8. The number of carbonyl (C=O) groups is 3. The molecule has 0 bridgehead atoms. The van der Waals surface area contributed by atoms with Gasteiger partial charge in [0.1, 0.15) is 12.4 Å². The van der Waals surface area contributed by atoms with E-state index in [1.807, 2.05) is 0 Å². The standard InChI is InChI=1S/C16H17ClFN3O3/c1-9(22)19-11-5-12-7-20(8-15(23)21(12)6-11)16(24)13-4-10(18)2-3-14(13)17/h2-4,11-12H,5-8H2,1H3,(H,19,22)/t11-,12-/m0/s1. The summed E-state index contributed by atoms with van der Waals surface area (Å²) in [6, 6.07) is 3.32. The monoisotopic (exact) mass is 353 g/mol. The molecular formula is C16H17ClFN3O3. The van der Waals surface area contributed by atoms with Gasteiger partial charge in [0, 0.05) is 26.1 Å². The van der Waals surface area contributed by atoms with E-state index >= 15 is 0 Å². The van der Waals surface area contributed by atoms with Gasteiger partial charge in [-0.3, -0.25) is 14.4 Å². The van der Waals surface area contributed by atoms with E-state index in [1.165, 1.54) is 24.0 Å². The van der Waals surface area contributed by atoms with Crippen LogP contribution in [-0.4, -0.2) is 59.2 Å². The third-order valence-corrected chi connectivity index (χ3v) is 4.68. The highest BCUT2D eigenvalue weighted by Gasteiger charge is 2.42. The molecule has 2 aliphatic rings. The Balaban J connectivity index is 1.75. The van der Waals surface area contributed by atoms with Gasteiger partial charge in [0.2, 0.25) is 11.8 Å². The fourth-order valence-corrected chi connectivity index (χ4v) is 3.55. The predicted molar refractivity (Wildman–Crippen MR) is 85.0 cm³/mol. The van der Waals surface area contributed by atoms with Crippen LogP contribution in [0.1, 0.15) is 23.7 Å². The van der Waals surface area contributed by atoms with Gasteiger partial charge in [0.05, 0.1) is 16.6 Å². The summed E-state index contributed by atoms with van der Waals surface area (Å²) in [7, 11) is 0. The van der Waals surface area contributed by atoms with Crippen LogP contribution in [0.15, 0.2) is 18.2 Å². The van der Waals surface area contributed by atoms with Crippen molar-refractivity contribution in [3.63, 3.8) is 0 Å². The van der Waals surface area contributed by atoms with Crippen molar-refractivity contribution in [1.29, 1.82) is 0 Å². The molecular weight excluding hydrogens is 337 g/mol. The Morgan fingerprint density at radius 2 is 2.08 bits per heavy atom. The van der Waals surface area contributed by atoms with E-state index in [0.717, 1.165) is 6.07 Å². The Morgan fingerprint density at radius 1 is 1.33 bits per heavy atom. The van der Waals surface area contributed by atoms with Crippen molar-refractivity contribution < 1.29 is 18.8 Å². The molecule has 2 saturated heterocycles. The Labute approximate surface area is 143 Å². The number of halogens is 2. The summed E-state index contributed by atoms with van der Waals surface area (Å²) in [6.07, 6.45) is 0.589. The zero-order chi connectivity index (χ0) is 17.4. The maximum absolute atomic E-state index is 13.4. The van der Waals surface area contributed by atoms with Crippen molar-refractivity contribution in [3.05, 3.63) is 34.6 Å². The third kappa shape index (κ3) is 3.21. The Hall–Kier alpha value is -2.15. The molecule has 0 radical (unpaired) electrons. The fraction of sp³-hybridized carbons (Fsp3) is 0.438. The Morgan fingerprint density at radius 3 is 2.79 bits per heavy atom. The third-order valence-electron chi connectivity index (χ3n) is 4.35. The molecule has 2 fully saturated rings. The minimum Gasteiger partial charge on any atom is -0.352 e. The van der Waals surface area contributed by atoms with Crippen molar-refractivity contribution >= 4 is 29.3 Å². The number of benzene rings is 1. The molecule has 3 amide bonds. The van der Waals surface area contributed by atoms with Crippen LogP contribution in [-0.2, 0) is 9.59 Å². The van der Waals surface area contributed by atoms with Crippen LogP contribution >= 0.6 is 11.6 Å². The molecule has 0 aliphatic carbocycles. The summed E-state index contributed by atoms with van der Waals surface area (Å²) in [4.78, 5) is 39.2. The molecule has 2 aliphatic heterocycles. The van der Waals surface area contributed by atoms with E-state index < -0.39 is 11.7 Å². The lowest BCUT2D eigenvalue weighted by Gasteiger charge is -2.37. The number of amides is 3. The first kappa shape index (κ1) is 16.7. The van der Waals surface area contributed by atoms with Crippen LogP contribution < -0.4 is 5.32 Å². The molecule has 0 aromatic heterocycles. The highest BCUT2D eigenvalue weighted by atomic mass is 35.5. The van der Waals surface area contributed by atoms with Crippen LogP contribution in [0.3, 0.4) is 0 Å². The highest BCUT2D eigenvalue weighted by Crippen LogP contribution is 2.26. The minimum atomic E-state index is -0.556. The number of carbonyl (C=O) groups excluding carboxylic acids is 3. The second-order valence-corrected chi connectivity index (χ2v) is 6.55. The number of fused-ring (bicyclic) bond motifs is 1. The molecule has 6 nitrogen and oxygen atoms in total. The van der Waals surface area contributed by atoms with Gasteiger partial charge in [0.25, 0.3) is 5.91 Å². The summed E-state index contributed by atoms with van der Waals surface area (Å²) >= 11 is 5.98. The quantitative estimate of drug-likeness (QED) is 0.863. The van der Waals surface area contributed by atoms with E-state index in [1.54, 1.807) is 4.90 Å². The normalized spacial score (nSPS) is 23.2. The van der Waals surface area contributed by atoms with Crippen molar-refractivity contribution in [2.24, 2.45) is 0 Å². The van der Waals surface area contributed by atoms with Gasteiger partial charge in [-0.2, -0.15) is 0 Å². The zero-order valence-electron chi connectivity index (χ0n) is 13.1. The van der Waals surface area contributed by atoms with Crippen LogP contribution in [0, 0.1) is 5.82 Å². The van der Waals surface area contributed by atoms with Crippen molar-refractivity contribution in [2.45, 2.75) is 25.4 Å². The number of hydrogen-bond donors (Lipinski definition) is 1. The van der Waals surface area contributed by atoms with Crippen LogP contribution in [0.25, 0.3) is 0 Å². The fourth-order valence-electron chi connectivity index (χ4n) is 3.35. The summed E-state index contributed by atoms with van der Waals surface area (Å²) in [5, 5.41) is 2.96. The topological polar surface area (TPSA) is 69.7 Å².